The molecule has 0 unspecified atom stereocenters. The molecule has 116 valence electrons. The smallest absolute Gasteiger partial charge is 0.318 e. The average molecular weight is 284 g/mol. The molecular weight excluding hydrogens is 256 g/mol. The molecule has 0 aliphatic carbocycles. The Hall–Kier alpha value is -1.32. The van der Waals surface area contributed by atoms with E-state index >= 15 is 0 Å². The maximum Gasteiger partial charge on any atom is 0.318 e. The van der Waals surface area contributed by atoms with E-state index in [4.69, 9.17) is 10.2 Å². The van der Waals surface area contributed by atoms with E-state index in [0.717, 1.165) is 12.8 Å². The lowest BCUT2D eigenvalue weighted by molar-refractivity contribution is -0.154. The maximum atomic E-state index is 10.6. The third-order valence-electron chi connectivity index (χ3n) is 3.36. The summed E-state index contributed by atoms with van der Waals surface area (Å²) >= 11 is 0. The zero-order chi connectivity index (χ0) is 15.2. The lowest BCUT2D eigenvalue weighted by Crippen LogP contribution is -2.22. The molecule has 4 nitrogen and oxygen atoms in total. The molecule has 0 bridgehead atoms. The van der Waals surface area contributed by atoms with E-state index in [1.54, 1.807) is 6.08 Å². The molecule has 0 aliphatic heterocycles. The van der Waals surface area contributed by atoms with Crippen molar-refractivity contribution < 1.29 is 19.8 Å². The fourth-order valence-electron chi connectivity index (χ4n) is 2.05. The van der Waals surface area contributed by atoms with Gasteiger partial charge in [-0.25, -0.2) is 0 Å². The van der Waals surface area contributed by atoms with Gasteiger partial charge in [-0.05, 0) is 19.3 Å². The Morgan fingerprint density at radius 1 is 0.850 bits per heavy atom. The summed E-state index contributed by atoms with van der Waals surface area (Å²) in [4.78, 5) is 21.3. The molecule has 0 spiro atoms. The van der Waals surface area contributed by atoms with Gasteiger partial charge in [0.05, 0.1) is 0 Å². The standard InChI is InChI=1S/C16H28O4/c1-2-3-4-5-6-7-8-9-10-11-12-13-14(15(17)18)16(19)20/h11-12,14H,2-10,13H2,1H3,(H,17,18)(H,19,20). The molecule has 0 fully saturated rings. The summed E-state index contributed by atoms with van der Waals surface area (Å²) in [5.41, 5.74) is 0. The van der Waals surface area contributed by atoms with Crippen molar-refractivity contribution >= 4 is 11.9 Å². The molecule has 0 saturated carbocycles. The van der Waals surface area contributed by atoms with Gasteiger partial charge in [-0.2, -0.15) is 0 Å². The fraction of sp³-hybridized carbons (Fsp3) is 0.750. The molecule has 2 N–H and O–H groups in total. The summed E-state index contributed by atoms with van der Waals surface area (Å²) < 4.78 is 0. The van der Waals surface area contributed by atoms with Crippen molar-refractivity contribution in [2.75, 3.05) is 0 Å². The van der Waals surface area contributed by atoms with Gasteiger partial charge >= 0.3 is 11.9 Å². The van der Waals surface area contributed by atoms with Gasteiger partial charge in [0.2, 0.25) is 0 Å². The Labute approximate surface area is 121 Å². The first-order valence-corrected chi connectivity index (χ1v) is 7.70. The Kier molecular flexibility index (Phi) is 11.9. The molecule has 20 heavy (non-hydrogen) atoms. The molecule has 0 atom stereocenters. The summed E-state index contributed by atoms with van der Waals surface area (Å²) in [6.45, 7) is 2.21. The first-order valence-electron chi connectivity index (χ1n) is 7.70. The van der Waals surface area contributed by atoms with E-state index in [1.165, 1.54) is 44.9 Å². The molecule has 0 aliphatic rings. The molecule has 4 heteroatoms. The first kappa shape index (κ1) is 18.7. The van der Waals surface area contributed by atoms with Gasteiger partial charge in [-0.3, -0.25) is 9.59 Å². The highest BCUT2D eigenvalue weighted by atomic mass is 16.4. The van der Waals surface area contributed by atoms with Crippen molar-refractivity contribution in [1.29, 1.82) is 0 Å². The molecule has 0 heterocycles. The van der Waals surface area contributed by atoms with E-state index in [9.17, 15) is 9.59 Å². The van der Waals surface area contributed by atoms with Gasteiger partial charge < -0.3 is 10.2 Å². The number of allylic oxidation sites excluding steroid dienone is 2. The van der Waals surface area contributed by atoms with Crippen LogP contribution in [0.15, 0.2) is 12.2 Å². The summed E-state index contributed by atoms with van der Waals surface area (Å²) in [6.07, 6.45) is 14.6. The predicted molar refractivity (Wildman–Crippen MR) is 79.7 cm³/mol. The number of carboxylic acids is 2. The highest BCUT2D eigenvalue weighted by Gasteiger charge is 2.23. The largest absolute Gasteiger partial charge is 0.481 e. The van der Waals surface area contributed by atoms with Gasteiger partial charge in [-0.15, -0.1) is 0 Å². The van der Waals surface area contributed by atoms with Crippen molar-refractivity contribution in [3.63, 3.8) is 0 Å². The topological polar surface area (TPSA) is 74.6 Å². The highest BCUT2D eigenvalue weighted by Crippen LogP contribution is 2.10. The Morgan fingerprint density at radius 2 is 1.35 bits per heavy atom. The highest BCUT2D eigenvalue weighted by molar-refractivity contribution is 5.92. The SMILES string of the molecule is CCCCCCCCCCC=CCC(C(=O)O)C(=O)O. The van der Waals surface area contributed by atoms with Crippen LogP contribution in [-0.4, -0.2) is 22.2 Å². The van der Waals surface area contributed by atoms with Crippen LogP contribution in [0.25, 0.3) is 0 Å². The second-order valence-electron chi connectivity index (χ2n) is 5.20. The van der Waals surface area contributed by atoms with Crippen LogP contribution in [0.2, 0.25) is 0 Å². The van der Waals surface area contributed by atoms with Crippen molar-refractivity contribution in [1.82, 2.24) is 0 Å². The quantitative estimate of drug-likeness (QED) is 0.301. The molecular formula is C16H28O4. The van der Waals surface area contributed by atoms with E-state index in [2.05, 4.69) is 6.92 Å². The van der Waals surface area contributed by atoms with Gasteiger partial charge in [0, 0.05) is 0 Å². The minimum Gasteiger partial charge on any atom is -0.481 e. The van der Waals surface area contributed by atoms with Gasteiger partial charge in [0.1, 0.15) is 0 Å². The lowest BCUT2D eigenvalue weighted by Gasteiger charge is -2.02. The third-order valence-corrected chi connectivity index (χ3v) is 3.36. The summed E-state index contributed by atoms with van der Waals surface area (Å²) in [6, 6.07) is 0. The van der Waals surface area contributed by atoms with Crippen molar-refractivity contribution in [2.45, 2.75) is 71.1 Å². The second-order valence-corrected chi connectivity index (χ2v) is 5.20. The minimum absolute atomic E-state index is 0.0711. The summed E-state index contributed by atoms with van der Waals surface area (Å²) in [7, 11) is 0. The summed E-state index contributed by atoms with van der Waals surface area (Å²) in [5.74, 6) is -3.85. The molecule has 0 rings (SSSR count). The van der Waals surface area contributed by atoms with Crippen LogP contribution in [0.3, 0.4) is 0 Å². The molecule has 0 aromatic heterocycles. The van der Waals surface area contributed by atoms with Crippen LogP contribution in [0.4, 0.5) is 0 Å². The maximum absolute atomic E-state index is 10.6. The fourth-order valence-corrected chi connectivity index (χ4v) is 2.05. The second kappa shape index (κ2) is 12.7. The van der Waals surface area contributed by atoms with Crippen LogP contribution in [-0.2, 0) is 9.59 Å². The Bertz CT molecular complexity index is 283. The number of hydrogen-bond acceptors (Lipinski definition) is 2. The number of carboxylic acid groups (broad SMARTS) is 2. The van der Waals surface area contributed by atoms with Gasteiger partial charge in [0.15, 0.2) is 5.92 Å². The normalized spacial score (nSPS) is 11.3. The molecule has 0 radical (unpaired) electrons. The van der Waals surface area contributed by atoms with Crippen molar-refractivity contribution in [3.8, 4) is 0 Å². The minimum atomic E-state index is -1.31. The van der Waals surface area contributed by atoms with E-state index in [0.29, 0.717) is 0 Å². The van der Waals surface area contributed by atoms with E-state index in [1.807, 2.05) is 6.08 Å². The number of hydrogen-bond donors (Lipinski definition) is 2. The van der Waals surface area contributed by atoms with Crippen LogP contribution in [0.1, 0.15) is 71.1 Å². The number of carbonyl (C=O) groups is 2. The molecule has 0 saturated heterocycles. The number of unbranched alkanes of at least 4 members (excludes halogenated alkanes) is 8. The van der Waals surface area contributed by atoms with E-state index < -0.39 is 17.9 Å². The molecule has 0 aromatic rings. The van der Waals surface area contributed by atoms with Crippen LogP contribution in [0, 0.1) is 5.92 Å². The third kappa shape index (κ3) is 10.6. The van der Waals surface area contributed by atoms with Crippen LogP contribution < -0.4 is 0 Å². The van der Waals surface area contributed by atoms with Crippen molar-refractivity contribution in [3.05, 3.63) is 12.2 Å². The zero-order valence-corrected chi connectivity index (χ0v) is 12.5. The average Bonchev–Trinajstić information content (AvgIpc) is 2.39. The molecule has 0 aromatic carbocycles. The zero-order valence-electron chi connectivity index (χ0n) is 12.5. The lowest BCUT2D eigenvalue weighted by atomic mass is 10.0. The molecule has 0 amide bonds. The Balaban J connectivity index is 3.48. The van der Waals surface area contributed by atoms with Crippen LogP contribution in [0.5, 0.6) is 0 Å². The Morgan fingerprint density at radius 3 is 1.85 bits per heavy atom. The monoisotopic (exact) mass is 284 g/mol. The van der Waals surface area contributed by atoms with Crippen LogP contribution >= 0.6 is 0 Å². The van der Waals surface area contributed by atoms with Gasteiger partial charge in [-0.1, -0.05) is 64.0 Å². The number of aliphatic carboxylic acids is 2. The summed E-state index contributed by atoms with van der Waals surface area (Å²) in [5, 5.41) is 17.4. The first-order chi connectivity index (χ1) is 9.59. The van der Waals surface area contributed by atoms with E-state index in [-0.39, 0.29) is 6.42 Å². The predicted octanol–water partition coefficient (Wildman–Crippen LogP) is 4.25. The van der Waals surface area contributed by atoms with Gasteiger partial charge in [0.25, 0.3) is 0 Å². The van der Waals surface area contributed by atoms with Crippen molar-refractivity contribution in [2.24, 2.45) is 5.92 Å². The number of rotatable bonds is 13.